The molecule has 3 heterocycles. The van der Waals surface area contributed by atoms with Crippen LogP contribution in [0, 0.1) is 10.8 Å². The van der Waals surface area contributed by atoms with Crippen LogP contribution in [0.2, 0.25) is 0 Å². The third-order valence-corrected chi connectivity index (χ3v) is 7.38. The normalized spacial score (nSPS) is 10.7. The summed E-state index contributed by atoms with van der Waals surface area (Å²) in [6, 6.07) is 15.9. The van der Waals surface area contributed by atoms with Gasteiger partial charge in [-0.1, -0.05) is 26.7 Å². The van der Waals surface area contributed by atoms with E-state index in [9.17, 15) is 0 Å². The molecular formula is C28H34Cl2N8S. The molecule has 5 aromatic rings. The van der Waals surface area contributed by atoms with E-state index < -0.39 is 0 Å². The first-order chi connectivity index (χ1) is 18.1. The number of thiophene rings is 1. The molecule has 5 rings (SSSR count). The first-order valence-corrected chi connectivity index (χ1v) is 13.6. The minimum Gasteiger partial charge on any atom is -0.370 e. The molecule has 0 saturated carbocycles. The number of fused-ring (bicyclic) bond motifs is 2. The van der Waals surface area contributed by atoms with Crippen LogP contribution in [0.4, 0.5) is 0 Å². The summed E-state index contributed by atoms with van der Waals surface area (Å²) in [5.74, 6) is 2.47. The van der Waals surface area contributed by atoms with Crippen LogP contribution in [-0.4, -0.2) is 44.7 Å². The fourth-order valence-corrected chi connectivity index (χ4v) is 5.03. The van der Waals surface area contributed by atoms with E-state index in [1.54, 1.807) is 11.3 Å². The van der Waals surface area contributed by atoms with E-state index in [1.165, 1.54) is 0 Å². The van der Waals surface area contributed by atoms with Gasteiger partial charge in [-0.15, -0.1) is 36.2 Å². The van der Waals surface area contributed by atoms with Crippen LogP contribution in [0.5, 0.6) is 0 Å². The fourth-order valence-electron chi connectivity index (χ4n) is 4.13. The quantitative estimate of drug-likeness (QED) is 0.0593. The Balaban J connectivity index is 0.00000210. The van der Waals surface area contributed by atoms with Crippen molar-refractivity contribution in [2.45, 2.75) is 39.5 Å². The lowest BCUT2D eigenvalue weighted by molar-refractivity contribution is 0.753. The number of imidazole rings is 2. The largest absolute Gasteiger partial charge is 0.370 e. The molecule has 0 aliphatic heterocycles. The number of benzene rings is 2. The Morgan fingerprint density at radius 2 is 1.15 bits per heavy atom. The summed E-state index contributed by atoms with van der Waals surface area (Å²) in [6.07, 6.45) is 4.29. The summed E-state index contributed by atoms with van der Waals surface area (Å²) in [5, 5.41) is 23.0. The Morgan fingerprint density at radius 1 is 0.718 bits per heavy atom. The molecule has 0 radical (unpaired) electrons. The van der Waals surface area contributed by atoms with Crippen LogP contribution in [0.3, 0.4) is 0 Å². The van der Waals surface area contributed by atoms with Crippen molar-refractivity contribution in [3.05, 3.63) is 59.7 Å². The standard InChI is InChI=1S/C28H32N8S.2ClH/c1-3-5-13-31-25(29)17-7-9-19-21(15-17)35-27(33-19)23-11-12-24(37-23)28-34-20-10-8-18(16-22(20)36-28)26(30)32-14-6-4-2;;/h7-12,15-16H,3-6,13-14H2,1-2H3,(H2,29,31)(H2,30,32)(H,33,35)(H,34,36);2*1H. The summed E-state index contributed by atoms with van der Waals surface area (Å²) >= 11 is 1.62. The van der Waals surface area contributed by atoms with E-state index in [2.05, 4.69) is 46.6 Å². The number of nitrogens with one attached hydrogen (secondary N) is 6. The zero-order valence-electron chi connectivity index (χ0n) is 22.0. The van der Waals surface area contributed by atoms with Crippen LogP contribution < -0.4 is 10.6 Å². The lowest BCUT2D eigenvalue weighted by Gasteiger charge is -2.06. The SMILES string of the molecule is CCCCNC(=N)c1ccc2[nH]c(-c3ccc(-c4nc5cc(C(=N)NCCCC)ccc5[nH]4)s3)nc2c1.Cl.Cl. The van der Waals surface area contributed by atoms with Gasteiger partial charge in [0.05, 0.1) is 31.8 Å². The molecule has 0 amide bonds. The average molecular weight is 586 g/mol. The molecule has 39 heavy (non-hydrogen) atoms. The molecule has 0 spiro atoms. The van der Waals surface area contributed by atoms with Crippen LogP contribution >= 0.6 is 36.2 Å². The number of nitrogens with zero attached hydrogens (tertiary/aromatic N) is 2. The van der Waals surface area contributed by atoms with E-state index in [4.69, 9.17) is 20.8 Å². The van der Waals surface area contributed by atoms with Crippen molar-refractivity contribution >= 4 is 69.9 Å². The Hall–Kier alpha value is -3.40. The maximum absolute atomic E-state index is 8.30. The molecule has 0 bridgehead atoms. The highest BCUT2D eigenvalue weighted by Gasteiger charge is 2.14. The monoisotopic (exact) mass is 584 g/mol. The van der Waals surface area contributed by atoms with Crippen molar-refractivity contribution in [2.24, 2.45) is 0 Å². The van der Waals surface area contributed by atoms with Crippen molar-refractivity contribution in [3.63, 3.8) is 0 Å². The van der Waals surface area contributed by atoms with E-state index in [0.29, 0.717) is 11.7 Å². The van der Waals surface area contributed by atoms with Crippen molar-refractivity contribution in [2.75, 3.05) is 13.1 Å². The second kappa shape index (κ2) is 13.6. The molecule has 6 N–H and O–H groups in total. The molecule has 206 valence electrons. The smallest absolute Gasteiger partial charge is 0.148 e. The molecule has 8 nitrogen and oxygen atoms in total. The molecule has 0 aliphatic carbocycles. The molecule has 0 fully saturated rings. The van der Waals surface area contributed by atoms with Crippen LogP contribution in [0.1, 0.15) is 50.7 Å². The van der Waals surface area contributed by atoms with Gasteiger partial charge in [0.25, 0.3) is 0 Å². The second-order valence-electron chi connectivity index (χ2n) is 9.11. The number of aromatic nitrogens is 4. The highest BCUT2D eigenvalue weighted by Crippen LogP contribution is 2.34. The van der Waals surface area contributed by atoms with E-state index >= 15 is 0 Å². The van der Waals surface area contributed by atoms with Crippen LogP contribution in [0.25, 0.3) is 43.5 Å². The third kappa shape index (κ3) is 6.79. The minimum atomic E-state index is 0. The predicted molar refractivity (Wildman–Crippen MR) is 168 cm³/mol. The number of hydrogen-bond donors (Lipinski definition) is 6. The number of rotatable bonds is 10. The third-order valence-electron chi connectivity index (χ3n) is 6.28. The number of H-pyrrole nitrogens is 2. The Morgan fingerprint density at radius 3 is 1.56 bits per heavy atom. The minimum absolute atomic E-state index is 0. The molecule has 0 atom stereocenters. The molecule has 11 heteroatoms. The molecule has 0 saturated heterocycles. The van der Waals surface area contributed by atoms with Gasteiger partial charge in [0.1, 0.15) is 23.3 Å². The number of aromatic amines is 2. The summed E-state index contributed by atoms with van der Waals surface area (Å²) in [7, 11) is 0. The summed E-state index contributed by atoms with van der Waals surface area (Å²) in [5.41, 5.74) is 5.25. The Kier molecular flexibility index (Phi) is 10.5. The van der Waals surface area contributed by atoms with Gasteiger partial charge >= 0.3 is 0 Å². The van der Waals surface area contributed by atoms with Crippen molar-refractivity contribution in [3.8, 4) is 21.4 Å². The number of hydrogen-bond acceptors (Lipinski definition) is 5. The topological polar surface area (TPSA) is 129 Å². The summed E-state index contributed by atoms with van der Waals surface area (Å²) in [4.78, 5) is 18.5. The average Bonchev–Trinajstić information content (AvgIpc) is 3.65. The predicted octanol–water partition coefficient (Wildman–Crippen LogP) is 7.11. The Bertz CT molecular complexity index is 1450. The van der Waals surface area contributed by atoms with E-state index in [1.807, 2.05) is 36.4 Å². The lowest BCUT2D eigenvalue weighted by Crippen LogP contribution is -2.24. The maximum Gasteiger partial charge on any atom is 0.148 e. The van der Waals surface area contributed by atoms with Gasteiger partial charge in [-0.25, -0.2) is 9.97 Å². The Labute approximate surface area is 244 Å². The van der Waals surface area contributed by atoms with Gasteiger partial charge in [0.2, 0.25) is 0 Å². The molecule has 2 aromatic carbocycles. The van der Waals surface area contributed by atoms with Crippen LogP contribution in [0.15, 0.2) is 48.5 Å². The highest BCUT2D eigenvalue weighted by atomic mass is 35.5. The van der Waals surface area contributed by atoms with E-state index in [-0.39, 0.29) is 24.8 Å². The first kappa shape index (κ1) is 30.1. The van der Waals surface area contributed by atoms with Gasteiger partial charge in [-0.05, 0) is 61.4 Å². The fraction of sp³-hybridized carbons (Fsp3) is 0.286. The summed E-state index contributed by atoms with van der Waals surface area (Å²) in [6.45, 7) is 5.89. The molecule has 3 aromatic heterocycles. The van der Waals surface area contributed by atoms with Crippen molar-refractivity contribution < 1.29 is 0 Å². The second-order valence-corrected chi connectivity index (χ2v) is 10.2. The molecular weight excluding hydrogens is 551 g/mol. The van der Waals surface area contributed by atoms with Gasteiger partial charge in [-0.3, -0.25) is 10.8 Å². The highest BCUT2D eigenvalue weighted by molar-refractivity contribution is 7.18. The van der Waals surface area contributed by atoms with Gasteiger partial charge < -0.3 is 20.6 Å². The van der Waals surface area contributed by atoms with Gasteiger partial charge in [-0.2, -0.15) is 0 Å². The van der Waals surface area contributed by atoms with Crippen molar-refractivity contribution in [1.82, 2.24) is 30.6 Å². The number of halogens is 2. The number of amidine groups is 2. The van der Waals surface area contributed by atoms with E-state index in [0.717, 1.165) is 93.4 Å². The summed E-state index contributed by atoms with van der Waals surface area (Å²) < 4.78 is 0. The number of unbranched alkanes of at least 4 members (excludes halogenated alkanes) is 2. The zero-order valence-corrected chi connectivity index (χ0v) is 24.4. The van der Waals surface area contributed by atoms with Crippen molar-refractivity contribution in [1.29, 1.82) is 10.8 Å². The molecule has 0 aliphatic rings. The van der Waals surface area contributed by atoms with Crippen LogP contribution in [-0.2, 0) is 0 Å². The maximum atomic E-state index is 8.30. The first-order valence-electron chi connectivity index (χ1n) is 12.8. The lowest BCUT2D eigenvalue weighted by atomic mass is 10.2. The zero-order chi connectivity index (χ0) is 25.8. The van der Waals surface area contributed by atoms with Gasteiger partial charge in [0, 0.05) is 24.2 Å². The molecule has 0 unspecified atom stereocenters. The van der Waals surface area contributed by atoms with Gasteiger partial charge in [0.15, 0.2) is 0 Å².